The molecule has 0 spiro atoms. The number of rotatable bonds is 2. The maximum Gasteiger partial charge on any atom is 0.265 e. The highest BCUT2D eigenvalue weighted by molar-refractivity contribution is 7.20. The fourth-order valence-corrected chi connectivity index (χ4v) is 3.55. The van der Waals surface area contributed by atoms with E-state index in [0.717, 1.165) is 32.5 Å². The standard InChI is InChI=1S/C15H13N5OS/c1-8-11-6-13(22-15(11)20(2)19-8)14(21)17-10-3-4-12-9(5-10)7-16-18-12/h3-7H,1-2H3,(H,16,18)(H,17,21). The topological polar surface area (TPSA) is 75.6 Å². The van der Waals surface area contributed by atoms with Crippen molar-refractivity contribution in [1.29, 1.82) is 0 Å². The van der Waals surface area contributed by atoms with Crippen molar-refractivity contribution in [2.45, 2.75) is 6.92 Å². The minimum absolute atomic E-state index is 0.108. The number of thiophene rings is 1. The van der Waals surface area contributed by atoms with Crippen molar-refractivity contribution < 1.29 is 4.79 Å². The first kappa shape index (κ1) is 13.0. The van der Waals surface area contributed by atoms with Gasteiger partial charge in [0.1, 0.15) is 4.83 Å². The number of carbonyl (C=O) groups is 1. The molecule has 4 aromatic rings. The Morgan fingerprint density at radius 1 is 1.36 bits per heavy atom. The summed E-state index contributed by atoms with van der Waals surface area (Å²) < 4.78 is 1.81. The highest BCUT2D eigenvalue weighted by Gasteiger charge is 2.15. The molecule has 0 fully saturated rings. The van der Waals surface area contributed by atoms with E-state index in [1.807, 2.05) is 42.9 Å². The molecule has 0 atom stereocenters. The molecule has 0 saturated carbocycles. The predicted molar refractivity (Wildman–Crippen MR) is 87.4 cm³/mol. The lowest BCUT2D eigenvalue weighted by molar-refractivity contribution is 0.103. The Kier molecular flexibility index (Phi) is 2.77. The Balaban J connectivity index is 1.66. The second kappa shape index (κ2) is 4.67. The van der Waals surface area contributed by atoms with Crippen LogP contribution in [0.2, 0.25) is 0 Å². The highest BCUT2D eigenvalue weighted by atomic mass is 32.1. The van der Waals surface area contributed by atoms with Crippen LogP contribution in [0.15, 0.2) is 30.5 Å². The zero-order valence-electron chi connectivity index (χ0n) is 12.0. The van der Waals surface area contributed by atoms with Gasteiger partial charge in [-0.1, -0.05) is 0 Å². The van der Waals surface area contributed by atoms with Crippen molar-refractivity contribution in [3.63, 3.8) is 0 Å². The van der Waals surface area contributed by atoms with Gasteiger partial charge in [0, 0.05) is 23.5 Å². The molecule has 4 rings (SSSR count). The minimum atomic E-state index is -0.108. The van der Waals surface area contributed by atoms with Gasteiger partial charge in [-0.05, 0) is 31.2 Å². The fraction of sp³-hybridized carbons (Fsp3) is 0.133. The normalized spacial score (nSPS) is 11.4. The fourth-order valence-electron chi connectivity index (χ4n) is 2.53. The highest BCUT2D eigenvalue weighted by Crippen LogP contribution is 2.28. The van der Waals surface area contributed by atoms with Crippen LogP contribution in [0.3, 0.4) is 0 Å². The summed E-state index contributed by atoms with van der Waals surface area (Å²) in [5, 5.41) is 16.1. The van der Waals surface area contributed by atoms with Crippen molar-refractivity contribution in [2.75, 3.05) is 5.32 Å². The molecule has 7 heteroatoms. The van der Waals surface area contributed by atoms with E-state index in [1.165, 1.54) is 11.3 Å². The quantitative estimate of drug-likeness (QED) is 0.597. The lowest BCUT2D eigenvalue weighted by atomic mass is 10.2. The van der Waals surface area contributed by atoms with Gasteiger partial charge in [0.15, 0.2) is 0 Å². The van der Waals surface area contributed by atoms with Crippen molar-refractivity contribution in [3.8, 4) is 0 Å². The van der Waals surface area contributed by atoms with Crippen LogP contribution in [0.1, 0.15) is 15.4 Å². The van der Waals surface area contributed by atoms with E-state index < -0.39 is 0 Å². The molecule has 110 valence electrons. The number of benzene rings is 1. The predicted octanol–water partition coefficient (Wildman–Crippen LogP) is 3.07. The molecule has 6 nitrogen and oxygen atoms in total. The minimum Gasteiger partial charge on any atom is -0.321 e. The maximum atomic E-state index is 12.4. The van der Waals surface area contributed by atoms with Gasteiger partial charge in [-0.2, -0.15) is 10.2 Å². The first-order chi connectivity index (χ1) is 10.6. The van der Waals surface area contributed by atoms with Gasteiger partial charge < -0.3 is 5.32 Å². The van der Waals surface area contributed by atoms with Crippen molar-refractivity contribution in [3.05, 3.63) is 41.0 Å². The number of hydrogen-bond acceptors (Lipinski definition) is 4. The SMILES string of the molecule is Cc1nn(C)c2sc(C(=O)Nc3ccc4[nH]ncc4c3)cc12. The van der Waals surface area contributed by atoms with E-state index in [-0.39, 0.29) is 5.91 Å². The zero-order chi connectivity index (χ0) is 15.3. The Morgan fingerprint density at radius 3 is 3.05 bits per heavy atom. The number of nitrogens with one attached hydrogen (secondary N) is 2. The van der Waals surface area contributed by atoms with Gasteiger partial charge >= 0.3 is 0 Å². The summed E-state index contributed by atoms with van der Waals surface area (Å²) in [6.07, 6.45) is 1.74. The number of aromatic nitrogens is 4. The second-order valence-corrected chi connectivity index (χ2v) is 6.20. The molecule has 22 heavy (non-hydrogen) atoms. The average molecular weight is 311 g/mol. The van der Waals surface area contributed by atoms with Gasteiger partial charge in [0.05, 0.1) is 22.3 Å². The number of nitrogens with zero attached hydrogens (tertiary/aromatic N) is 3. The summed E-state index contributed by atoms with van der Waals surface area (Å²) in [5.41, 5.74) is 2.64. The van der Waals surface area contributed by atoms with Crippen molar-refractivity contribution >= 4 is 44.1 Å². The molecule has 0 aliphatic carbocycles. The number of fused-ring (bicyclic) bond motifs is 2. The van der Waals surface area contributed by atoms with E-state index >= 15 is 0 Å². The summed E-state index contributed by atoms with van der Waals surface area (Å²) in [6, 6.07) is 7.56. The second-order valence-electron chi connectivity index (χ2n) is 5.16. The van der Waals surface area contributed by atoms with E-state index in [2.05, 4.69) is 20.6 Å². The summed E-state index contributed by atoms with van der Waals surface area (Å²) in [4.78, 5) is 14.1. The Hall–Kier alpha value is -2.67. The van der Waals surface area contributed by atoms with Crippen LogP contribution in [0.5, 0.6) is 0 Å². The Morgan fingerprint density at radius 2 is 2.23 bits per heavy atom. The molecule has 0 saturated heterocycles. The van der Waals surface area contributed by atoms with Crippen LogP contribution < -0.4 is 5.32 Å². The van der Waals surface area contributed by atoms with Crippen LogP contribution in [-0.2, 0) is 7.05 Å². The number of H-pyrrole nitrogens is 1. The molecular formula is C15H13N5OS. The molecule has 0 aliphatic heterocycles. The van der Waals surface area contributed by atoms with E-state index in [1.54, 1.807) is 6.20 Å². The van der Waals surface area contributed by atoms with Crippen molar-refractivity contribution in [2.24, 2.45) is 7.05 Å². The van der Waals surface area contributed by atoms with Gasteiger partial charge in [0.25, 0.3) is 5.91 Å². The molecule has 0 radical (unpaired) electrons. The third-order valence-corrected chi connectivity index (χ3v) is 4.82. The molecule has 0 unspecified atom stereocenters. The summed E-state index contributed by atoms with van der Waals surface area (Å²) in [7, 11) is 1.89. The van der Waals surface area contributed by atoms with Crippen LogP contribution in [0.4, 0.5) is 5.69 Å². The Labute approximate surface area is 129 Å². The van der Waals surface area contributed by atoms with Gasteiger partial charge in [-0.15, -0.1) is 11.3 Å². The molecule has 2 N–H and O–H groups in total. The summed E-state index contributed by atoms with van der Waals surface area (Å²) >= 11 is 1.45. The molecule has 3 aromatic heterocycles. The van der Waals surface area contributed by atoms with Gasteiger partial charge in [0.2, 0.25) is 0 Å². The molecular weight excluding hydrogens is 298 g/mol. The van der Waals surface area contributed by atoms with Gasteiger partial charge in [-0.3, -0.25) is 14.6 Å². The third kappa shape index (κ3) is 1.98. The smallest absolute Gasteiger partial charge is 0.265 e. The molecule has 0 aliphatic rings. The number of aryl methyl sites for hydroxylation is 2. The largest absolute Gasteiger partial charge is 0.321 e. The molecule has 1 amide bonds. The first-order valence-electron chi connectivity index (χ1n) is 6.79. The first-order valence-corrected chi connectivity index (χ1v) is 7.61. The average Bonchev–Trinajstić information content (AvgIpc) is 3.17. The summed E-state index contributed by atoms with van der Waals surface area (Å²) in [6.45, 7) is 1.95. The van der Waals surface area contributed by atoms with E-state index in [9.17, 15) is 4.79 Å². The monoisotopic (exact) mass is 311 g/mol. The summed E-state index contributed by atoms with van der Waals surface area (Å²) in [5.74, 6) is -0.108. The number of anilines is 1. The van der Waals surface area contributed by atoms with E-state index in [4.69, 9.17) is 0 Å². The molecule has 1 aromatic carbocycles. The van der Waals surface area contributed by atoms with Crippen LogP contribution in [0, 0.1) is 6.92 Å². The number of amides is 1. The van der Waals surface area contributed by atoms with Crippen LogP contribution in [0.25, 0.3) is 21.1 Å². The lowest BCUT2D eigenvalue weighted by Crippen LogP contribution is -2.09. The van der Waals surface area contributed by atoms with Gasteiger partial charge in [-0.25, -0.2) is 0 Å². The number of aromatic amines is 1. The van der Waals surface area contributed by atoms with Crippen LogP contribution >= 0.6 is 11.3 Å². The van der Waals surface area contributed by atoms with Crippen LogP contribution in [-0.4, -0.2) is 25.9 Å². The van der Waals surface area contributed by atoms with E-state index in [0.29, 0.717) is 4.88 Å². The number of hydrogen-bond donors (Lipinski definition) is 2. The Bertz CT molecular complexity index is 975. The third-order valence-electron chi connectivity index (χ3n) is 3.62. The molecule has 3 heterocycles. The molecule has 0 bridgehead atoms. The lowest BCUT2D eigenvalue weighted by Gasteiger charge is -2.03. The van der Waals surface area contributed by atoms with Crippen molar-refractivity contribution in [1.82, 2.24) is 20.0 Å². The maximum absolute atomic E-state index is 12.4. The zero-order valence-corrected chi connectivity index (χ0v) is 12.9. The number of carbonyl (C=O) groups excluding carboxylic acids is 1.